The molecule has 5 nitrogen and oxygen atoms in total. The van der Waals surface area contributed by atoms with Gasteiger partial charge in [-0.15, -0.1) is 22.7 Å². The third kappa shape index (κ3) is 3.80. The Hall–Kier alpha value is -2.29. The molecule has 9 heteroatoms. The van der Waals surface area contributed by atoms with E-state index in [2.05, 4.69) is 4.98 Å². The average molecular weight is 436 g/mol. The Labute approximate surface area is 174 Å². The van der Waals surface area contributed by atoms with Crippen LogP contribution in [0.1, 0.15) is 20.8 Å². The predicted octanol–water partition coefficient (Wildman–Crippen LogP) is 4.26. The van der Waals surface area contributed by atoms with E-state index in [9.17, 15) is 14.0 Å². The van der Waals surface area contributed by atoms with Crippen molar-refractivity contribution in [3.8, 4) is 9.88 Å². The number of amides is 2. The highest BCUT2D eigenvalue weighted by atomic mass is 35.5. The van der Waals surface area contributed by atoms with E-state index in [0.717, 1.165) is 16.0 Å². The zero-order chi connectivity index (χ0) is 19.7. The second-order valence-electron chi connectivity index (χ2n) is 6.22. The molecule has 1 saturated heterocycles. The number of carbonyl (C=O) groups excluding carboxylic acids is 2. The Morgan fingerprint density at radius 2 is 1.75 bits per heavy atom. The Morgan fingerprint density at radius 1 is 1.04 bits per heavy atom. The summed E-state index contributed by atoms with van der Waals surface area (Å²) in [4.78, 5) is 34.2. The zero-order valence-corrected chi connectivity index (χ0v) is 17.0. The minimum atomic E-state index is -0.484. The molecule has 0 radical (unpaired) electrons. The Morgan fingerprint density at radius 3 is 2.39 bits per heavy atom. The zero-order valence-electron chi connectivity index (χ0n) is 14.6. The minimum absolute atomic E-state index is 0.0899. The number of carbonyl (C=O) groups is 2. The number of aromatic nitrogens is 1. The molecular weight excluding hydrogens is 421 g/mol. The van der Waals surface area contributed by atoms with Crippen LogP contribution in [0, 0.1) is 5.82 Å². The largest absolute Gasteiger partial charge is 0.335 e. The summed E-state index contributed by atoms with van der Waals surface area (Å²) in [6.45, 7) is 1.60. The standard InChI is InChI=1S/C19H15ClFN3O2S2/c20-14-10-12(21)3-4-13(14)18(25)23-5-7-24(8-6-23)19(26)15-11-28-17(22-15)16-2-1-9-27-16/h1-4,9-11H,5-8H2. The lowest BCUT2D eigenvalue weighted by Gasteiger charge is -2.34. The first-order valence-corrected chi connectivity index (χ1v) is 10.7. The van der Waals surface area contributed by atoms with Gasteiger partial charge in [0, 0.05) is 31.6 Å². The van der Waals surface area contributed by atoms with Crippen LogP contribution in [-0.2, 0) is 0 Å². The van der Waals surface area contributed by atoms with Gasteiger partial charge in [0.05, 0.1) is 15.5 Å². The predicted molar refractivity (Wildman–Crippen MR) is 109 cm³/mol. The number of hydrogen-bond donors (Lipinski definition) is 0. The fraction of sp³-hybridized carbons (Fsp3) is 0.211. The number of halogens is 2. The first-order valence-electron chi connectivity index (χ1n) is 8.56. The van der Waals surface area contributed by atoms with E-state index in [1.54, 1.807) is 26.5 Å². The van der Waals surface area contributed by atoms with Gasteiger partial charge in [-0.3, -0.25) is 9.59 Å². The van der Waals surface area contributed by atoms with Gasteiger partial charge in [-0.25, -0.2) is 9.37 Å². The van der Waals surface area contributed by atoms with Crippen molar-refractivity contribution in [1.82, 2.24) is 14.8 Å². The molecule has 4 rings (SSSR count). The molecule has 0 saturated carbocycles. The van der Waals surface area contributed by atoms with Gasteiger partial charge >= 0.3 is 0 Å². The summed E-state index contributed by atoms with van der Waals surface area (Å²) in [6, 6.07) is 7.66. The van der Waals surface area contributed by atoms with Crippen molar-refractivity contribution in [2.24, 2.45) is 0 Å². The molecule has 0 bridgehead atoms. The third-order valence-electron chi connectivity index (χ3n) is 4.47. The van der Waals surface area contributed by atoms with Gasteiger partial charge in [0.2, 0.25) is 0 Å². The first-order chi connectivity index (χ1) is 13.5. The normalized spacial score (nSPS) is 14.4. The number of thiophene rings is 1. The molecule has 1 aliphatic rings. The lowest BCUT2D eigenvalue weighted by molar-refractivity contribution is 0.0533. The lowest BCUT2D eigenvalue weighted by atomic mass is 10.1. The van der Waals surface area contributed by atoms with E-state index in [1.165, 1.54) is 23.5 Å². The molecule has 1 aromatic carbocycles. The number of nitrogens with zero attached hydrogens (tertiary/aromatic N) is 3. The average Bonchev–Trinajstić information content (AvgIpc) is 3.39. The smallest absolute Gasteiger partial charge is 0.273 e. The fourth-order valence-corrected chi connectivity index (χ4v) is 4.85. The molecule has 144 valence electrons. The Bertz CT molecular complexity index is 1010. The van der Waals surface area contributed by atoms with Crippen LogP contribution in [0.4, 0.5) is 4.39 Å². The van der Waals surface area contributed by atoms with Gasteiger partial charge in [0.25, 0.3) is 11.8 Å². The summed E-state index contributed by atoms with van der Waals surface area (Å²) in [7, 11) is 0. The van der Waals surface area contributed by atoms with E-state index in [1.807, 2.05) is 17.5 Å². The van der Waals surface area contributed by atoms with Crippen LogP contribution in [0.5, 0.6) is 0 Å². The molecule has 0 N–H and O–H groups in total. The van der Waals surface area contributed by atoms with Crippen molar-refractivity contribution < 1.29 is 14.0 Å². The number of rotatable bonds is 3. The maximum Gasteiger partial charge on any atom is 0.273 e. The summed E-state index contributed by atoms with van der Waals surface area (Å²) in [5, 5.41) is 4.67. The van der Waals surface area contributed by atoms with Crippen molar-refractivity contribution in [2.75, 3.05) is 26.2 Å². The summed E-state index contributed by atoms with van der Waals surface area (Å²) in [5.41, 5.74) is 0.692. The number of thiazole rings is 1. The Balaban J connectivity index is 1.40. The van der Waals surface area contributed by atoms with Gasteiger partial charge in [-0.1, -0.05) is 17.7 Å². The minimum Gasteiger partial charge on any atom is -0.335 e. The van der Waals surface area contributed by atoms with Crippen LogP contribution >= 0.6 is 34.3 Å². The monoisotopic (exact) mass is 435 g/mol. The molecule has 3 heterocycles. The van der Waals surface area contributed by atoms with E-state index in [0.29, 0.717) is 31.9 Å². The van der Waals surface area contributed by atoms with Gasteiger partial charge < -0.3 is 9.80 Å². The summed E-state index contributed by atoms with van der Waals surface area (Å²) in [5.74, 6) is -0.876. The molecule has 2 amide bonds. The maximum absolute atomic E-state index is 13.2. The van der Waals surface area contributed by atoms with E-state index < -0.39 is 5.82 Å². The van der Waals surface area contributed by atoms with Crippen molar-refractivity contribution in [2.45, 2.75) is 0 Å². The third-order valence-corrected chi connectivity index (χ3v) is 6.66. The molecule has 1 aliphatic heterocycles. The van der Waals surface area contributed by atoms with Crippen molar-refractivity contribution in [3.63, 3.8) is 0 Å². The van der Waals surface area contributed by atoms with E-state index in [4.69, 9.17) is 11.6 Å². The summed E-state index contributed by atoms with van der Waals surface area (Å²) in [6.07, 6.45) is 0. The maximum atomic E-state index is 13.2. The van der Waals surface area contributed by atoms with Gasteiger partial charge in [-0.2, -0.15) is 0 Å². The van der Waals surface area contributed by atoms with Gasteiger partial charge in [0.15, 0.2) is 0 Å². The highest BCUT2D eigenvalue weighted by Crippen LogP contribution is 2.28. The van der Waals surface area contributed by atoms with Crippen molar-refractivity contribution >= 4 is 46.1 Å². The number of piperazine rings is 1. The molecule has 0 unspecified atom stereocenters. The molecule has 0 aliphatic carbocycles. The summed E-state index contributed by atoms with van der Waals surface area (Å²) < 4.78 is 13.2. The SMILES string of the molecule is O=C(c1csc(-c2cccs2)n1)N1CCN(C(=O)c2ccc(F)cc2Cl)CC1. The topological polar surface area (TPSA) is 53.5 Å². The van der Waals surface area contributed by atoms with Crippen molar-refractivity contribution in [3.05, 3.63) is 63.2 Å². The molecule has 28 heavy (non-hydrogen) atoms. The van der Waals surface area contributed by atoms with E-state index >= 15 is 0 Å². The first kappa shape index (κ1) is 19.0. The van der Waals surface area contributed by atoms with E-state index in [-0.39, 0.29) is 22.4 Å². The molecule has 1 fully saturated rings. The van der Waals surface area contributed by atoms with Crippen LogP contribution in [0.3, 0.4) is 0 Å². The second-order valence-corrected chi connectivity index (χ2v) is 8.44. The van der Waals surface area contributed by atoms with Crippen LogP contribution in [0.25, 0.3) is 9.88 Å². The van der Waals surface area contributed by atoms with Crippen LogP contribution in [-0.4, -0.2) is 52.8 Å². The fourth-order valence-electron chi connectivity index (χ4n) is 2.99. The Kier molecular flexibility index (Phi) is 5.43. The van der Waals surface area contributed by atoms with Crippen LogP contribution < -0.4 is 0 Å². The second kappa shape index (κ2) is 7.98. The van der Waals surface area contributed by atoms with Gasteiger partial charge in [-0.05, 0) is 29.6 Å². The lowest BCUT2D eigenvalue weighted by Crippen LogP contribution is -2.50. The summed E-state index contributed by atoms with van der Waals surface area (Å²) >= 11 is 9.02. The number of hydrogen-bond acceptors (Lipinski definition) is 5. The molecular formula is C19H15ClFN3O2S2. The quantitative estimate of drug-likeness (QED) is 0.617. The molecule has 0 spiro atoms. The van der Waals surface area contributed by atoms with Crippen LogP contribution in [0.2, 0.25) is 5.02 Å². The van der Waals surface area contributed by atoms with Crippen molar-refractivity contribution in [1.29, 1.82) is 0 Å². The number of benzene rings is 1. The molecule has 0 atom stereocenters. The molecule has 2 aromatic heterocycles. The highest BCUT2D eigenvalue weighted by Gasteiger charge is 2.27. The van der Waals surface area contributed by atoms with Gasteiger partial charge in [0.1, 0.15) is 16.5 Å². The van der Waals surface area contributed by atoms with Crippen LogP contribution in [0.15, 0.2) is 41.1 Å². The molecule has 3 aromatic rings. The highest BCUT2D eigenvalue weighted by molar-refractivity contribution is 7.20.